The Balaban J connectivity index is 1.80. The summed E-state index contributed by atoms with van der Waals surface area (Å²) >= 11 is 3.33. The van der Waals surface area contributed by atoms with Crippen molar-refractivity contribution in [2.75, 3.05) is 22.3 Å². The third kappa shape index (κ3) is 4.00. The molecular formula is C20H18BrF3N2O4S. The summed E-state index contributed by atoms with van der Waals surface area (Å²) in [5.74, 6) is -1.54. The van der Waals surface area contributed by atoms with E-state index in [0.717, 1.165) is 22.5 Å². The lowest BCUT2D eigenvalue weighted by Crippen LogP contribution is -2.55. The van der Waals surface area contributed by atoms with Gasteiger partial charge in [-0.05, 0) is 49.2 Å². The number of sulfonamides is 1. The molecule has 2 aliphatic rings. The van der Waals surface area contributed by atoms with E-state index in [-0.39, 0.29) is 13.0 Å². The lowest BCUT2D eigenvalue weighted by Gasteiger charge is -2.47. The highest BCUT2D eigenvalue weighted by Crippen LogP contribution is 2.43. The summed E-state index contributed by atoms with van der Waals surface area (Å²) in [4.78, 5) is 13.0. The number of benzene rings is 2. The number of carboxylic acid groups (broad SMARTS) is 1. The quantitative estimate of drug-likeness (QED) is 0.653. The Hall–Kier alpha value is -2.27. The van der Waals surface area contributed by atoms with E-state index in [9.17, 15) is 31.5 Å². The van der Waals surface area contributed by atoms with Crippen LogP contribution in [-0.4, -0.2) is 38.6 Å². The van der Waals surface area contributed by atoms with Gasteiger partial charge in [-0.1, -0.05) is 22.0 Å². The Kier molecular flexibility index (Phi) is 5.45. The number of fused-ring (bicyclic) bond motifs is 3. The van der Waals surface area contributed by atoms with Crippen molar-refractivity contribution in [3.8, 4) is 0 Å². The first kappa shape index (κ1) is 21.9. The number of halogens is 4. The molecule has 1 fully saturated rings. The second kappa shape index (κ2) is 7.70. The Bertz CT molecular complexity index is 1140. The maximum atomic E-state index is 13.4. The Labute approximate surface area is 185 Å². The Morgan fingerprint density at radius 3 is 2.55 bits per heavy atom. The minimum atomic E-state index is -4.68. The van der Waals surface area contributed by atoms with Crippen molar-refractivity contribution in [3.05, 3.63) is 52.5 Å². The minimum absolute atomic E-state index is 0.0498. The predicted molar refractivity (Wildman–Crippen MR) is 112 cm³/mol. The first-order valence-corrected chi connectivity index (χ1v) is 11.7. The average molecular weight is 519 g/mol. The van der Waals surface area contributed by atoms with Gasteiger partial charge in [0, 0.05) is 17.1 Å². The maximum absolute atomic E-state index is 13.4. The summed E-state index contributed by atoms with van der Waals surface area (Å²) in [6.45, 7) is 0.402. The number of hydrogen-bond acceptors (Lipinski definition) is 4. The molecule has 0 spiro atoms. The molecule has 0 amide bonds. The number of alkyl halides is 3. The molecule has 0 bridgehead atoms. The lowest BCUT2D eigenvalue weighted by molar-refractivity contribution is -0.142. The van der Waals surface area contributed by atoms with Crippen LogP contribution in [0.5, 0.6) is 0 Å². The van der Waals surface area contributed by atoms with Crippen LogP contribution in [-0.2, 0) is 21.0 Å². The topological polar surface area (TPSA) is 77.9 Å². The Morgan fingerprint density at radius 2 is 1.87 bits per heavy atom. The minimum Gasteiger partial charge on any atom is -0.481 e. The van der Waals surface area contributed by atoms with E-state index < -0.39 is 44.6 Å². The van der Waals surface area contributed by atoms with Gasteiger partial charge in [0.25, 0.3) is 10.0 Å². The van der Waals surface area contributed by atoms with Gasteiger partial charge in [-0.15, -0.1) is 0 Å². The van der Waals surface area contributed by atoms with Crippen LogP contribution in [0.2, 0.25) is 0 Å². The van der Waals surface area contributed by atoms with Crippen LogP contribution in [0.1, 0.15) is 18.4 Å². The van der Waals surface area contributed by atoms with Gasteiger partial charge in [0.1, 0.15) is 0 Å². The van der Waals surface area contributed by atoms with Gasteiger partial charge in [-0.3, -0.25) is 9.10 Å². The molecule has 0 radical (unpaired) electrons. The number of nitrogens with zero attached hydrogens (tertiary/aromatic N) is 2. The van der Waals surface area contributed by atoms with E-state index >= 15 is 0 Å². The van der Waals surface area contributed by atoms with Crippen LogP contribution in [0, 0.1) is 5.92 Å². The molecule has 166 valence electrons. The molecule has 1 saturated heterocycles. The second-order valence-corrected chi connectivity index (χ2v) is 10.4. The van der Waals surface area contributed by atoms with E-state index in [4.69, 9.17) is 0 Å². The summed E-state index contributed by atoms with van der Waals surface area (Å²) in [5, 5.41) is 9.41. The largest absolute Gasteiger partial charge is 0.481 e. The van der Waals surface area contributed by atoms with E-state index in [1.165, 1.54) is 0 Å². The summed E-state index contributed by atoms with van der Waals surface area (Å²) < 4.78 is 68.0. The SMILES string of the molecule is O=C(O)[C@H]1CCN2c3ccc(Br)cc3N(S(=O)(=O)c3cccc(C(F)(F)F)c3)C[C@@H]2C1. The molecule has 31 heavy (non-hydrogen) atoms. The highest BCUT2D eigenvalue weighted by atomic mass is 79.9. The van der Waals surface area contributed by atoms with Gasteiger partial charge >= 0.3 is 12.1 Å². The smallest absolute Gasteiger partial charge is 0.416 e. The van der Waals surface area contributed by atoms with Gasteiger partial charge in [-0.2, -0.15) is 13.2 Å². The van der Waals surface area contributed by atoms with Crippen LogP contribution in [0.3, 0.4) is 0 Å². The molecule has 2 aromatic carbocycles. The molecule has 6 nitrogen and oxygen atoms in total. The van der Waals surface area contributed by atoms with E-state index in [0.29, 0.717) is 34.9 Å². The van der Waals surface area contributed by atoms with Crippen molar-refractivity contribution in [1.82, 2.24) is 0 Å². The Morgan fingerprint density at radius 1 is 1.13 bits per heavy atom. The lowest BCUT2D eigenvalue weighted by atomic mass is 9.89. The number of rotatable bonds is 3. The van der Waals surface area contributed by atoms with Crippen molar-refractivity contribution < 1.29 is 31.5 Å². The summed E-state index contributed by atoms with van der Waals surface area (Å²) in [5.41, 5.74) is -0.0964. The van der Waals surface area contributed by atoms with Crippen LogP contribution in [0.4, 0.5) is 24.5 Å². The standard InChI is InChI=1S/C20H18BrF3N2O4S/c21-14-4-5-17-18(10-14)26(11-15-8-12(19(27)28)6-7-25(15)17)31(29,30)16-3-1-2-13(9-16)20(22,23)24/h1-5,9-10,12,15H,6-8,11H2,(H,27,28)/t12-,15-/m0/s1. The van der Waals surface area contributed by atoms with E-state index in [2.05, 4.69) is 15.9 Å². The van der Waals surface area contributed by atoms with Crippen LogP contribution >= 0.6 is 15.9 Å². The summed E-state index contributed by atoms with van der Waals surface area (Å²) in [7, 11) is -4.32. The highest BCUT2D eigenvalue weighted by molar-refractivity contribution is 9.10. The third-order valence-electron chi connectivity index (χ3n) is 5.71. The van der Waals surface area contributed by atoms with Gasteiger partial charge in [-0.25, -0.2) is 8.42 Å². The molecule has 1 N–H and O–H groups in total. The van der Waals surface area contributed by atoms with Crippen molar-refractivity contribution in [2.24, 2.45) is 5.92 Å². The predicted octanol–water partition coefficient (Wildman–Crippen LogP) is 4.35. The number of piperidine rings is 1. The number of anilines is 2. The zero-order chi connectivity index (χ0) is 22.6. The molecule has 0 unspecified atom stereocenters. The number of carbonyl (C=O) groups is 1. The zero-order valence-corrected chi connectivity index (χ0v) is 18.4. The molecule has 0 aliphatic carbocycles. The van der Waals surface area contributed by atoms with Gasteiger partial charge in [0.05, 0.1) is 34.3 Å². The number of aliphatic carboxylic acids is 1. The van der Waals surface area contributed by atoms with Crippen LogP contribution in [0.25, 0.3) is 0 Å². The maximum Gasteiger partial charge on any atom is 0.416 e. The monoisotopic (exact) mass is 518 g/mol. The fraction of sp³-hybridized carbons (Fsp3) is 0.350. The molecule has 2 aliphatic heterocycles. The first-order chi connectivity index (χ1) is 14.5. The van der Waals surface area contributed by atoms with Crippen LogP contribution in [0.15, 0.2) is 51.8 Å². The molecule has 11 heteroatoms. The molecule has 2 aromatic rings. The molecule has 0 saturated carbocycles. The first-order valence-electron chi connectivity index (χ1n) is 9.47. The zero-order valence-electron chi connectivity index (χ0n) is 16.0. The van der Waals surface area contributed by atoms with Gasteiger partial charge < -0.3 is 10.0 Å². The number of hydrogen-bond donors (Lipinski definition) is 1. The fourth-order valence-corrected chi connectivity index (χ4v) is 6.09. The molecular weight excluding hydrogens is 501 g/mol. The highest BCUT2D eigenvalue weighted by Gasteiger charge is 2.42. The van der Waals surface area contributed by atoms with Gasteiger partial charge in [0.2, 0.25) is 0 Å². The normalized spacial score (nSPS) is 21.4. The van der Waals surface area contributed by atoms with E-state index in [1.54, 1.807) is 18.2 Å². The fourth-order valence-electron chi connectivity index (χ4n) is 4.18. The van der Waals surface area contributed by atoms with E-state index in [1.807, 2.05) is 4.90 Å². The third-order valence-corrected chi connectivity index (χ3v) is 7.98. The average Bonchev–Trinajstić information content (AvgIpc) is 2.71. The molecule has 2 atom stereocenters. The number of carboxylic acids is 1. The molecule has 0 aromatic heterocycles. The van der Waals surface area contributed by atoms with Crippen molar-refractivity contribution in [1.29, 1.82) is 0 Å². The summed E-state index contributed by atoms with van der Waals surface area (Å²) in [6.07, 6.45) is -4.00. The van der Waals surface area contributed by atoms with Crippen molar-refractivity contribution in [2.45, 2.75) is 30.0 Å². The van der Waals surface area contributed by atoms with Crippen LogP contribution < -0.4 is 9.21 Å². The van der Waals surface area contributed by atoms with Crippen molar-refractivity contribution >= 4 is 43.3 Å². The van der Waals surface area contributed by atoms with Gasteiger partial charge in [0.15, 0.2) is 0 Å². The summed E-state index contributed by atoms with van der Waals surface area (Å²) in [6, 6.07) is 8.34. The van der Waals surface area contributed by atoms with Crippen molar-refractivity contribution in [3.63, 3.8) is 0 Å². The molecule has 2 heterocycles. The molecule has 4 rings (SSSR count). The second-order valence-electron chi connectivity index (χ2n) is 7.60.